The maximum Gasteiger partial charge on any atom is 0.291 e. The van der Waals surface area contributed by atoms with Crippen molar-refractivity contribution in [2.24, 2.45) is 12.1 Å². The molecule has 0 unspecified atom stereocenters. The largest absolute Gasteiger partial charge is 0.312 e. The van der Waals surface area contributed by atoms with Crippen molar-refractivity contribution in [1.29, 1.82) is 0 Å². The summed E-state index contributed by atoms with van der Waals surface area (Å²) < 4.78 is 3.47. The molecule has 0 saturated heterocycles. The fraction of sp³-hybridized carbons (Fsp3) is 0.125. The molecule has 0 aliphatic heterocycles. The van der Waals surface area contributed by atoms with Crippen LogP contribution in [0.1, 0.15) is 10.6 Å². The van der Waals surface area contributed by atoms with Crippen molar-refractivity contribution in [2.45, 2.75) is 0 Å². The van der Waals surface area contributed by atoms with Crippen molar-refractivity contribution in [1.82, 2.24) is 5.43 Å². The summed E-state index contributed by atoms with van der Waals surface area (Å²) in [6, 6.07) is 18.7. The zero-order valence-electron chi connectivity index (χ0n) is 11.5. The quantitative estimate of drug-likeness (QED) is 0.446. The van der Waals surface area contributed by atoms with E-state index in [1.807, 2.05) is 25.2 Å². The number of para-hydroxylation sites is 1. The van der Waals surface area contributed by atoms with Crippen LogP contribution in [0.2, 0.25) is 0 Å². The third kappa shape index (κ3) is 2.18. The Labute approximate surface area is 122 Å². The van der Waals surface area contributed by atoms with Gasteiger partial charge in [-0.1, -0.05) is 53.8 Å². The Hall–Kier alpha value is -2.20. The Kier molecular flexibility index (Phi) is 3.48. The van der Waals surface area contributed by atoms with Gasteiger partial charge in [0, 0.05) is 18.7 Å². The maximum absolute atomic E-state index is 4.48. The number of thiazole rings is 1. The third-order valence-corrected chi connectivity index (χ3v) is 4.44. The highest BCUT2D eigenvalue weighted by molar-refractivity contribution is 7.20. The standard InChI is InChI=1S/C16H15N3S/c1-17-18-15(12-8-4-3-5-9-12)16-19(2)13-10-6-7-11-14(13)20-16/h3-11H,1-2H3/p+1. The summed E-state index contributed by atoms with van der Waals surface area (Å²) in [4.78, 5) is 0. The summed E-state index contributed by atoms with van der Waals surface area (Å²) >= 11 is 1.76. The van der Waals surface area contributed by atoms with Crippen LogP contribution in [0.4, 0.5) is 0 Å². The van der Waals surface area contributed by atoms with E-state index in [-0.39, 0.29) is 0 Å². The minimum atomic E-state index is 0.969. The van der Waals surface area contributed by atoms with E-state index in [0.29, 0.717) is 0 Å². The van der Waals surface area contributed by atoms with E-state index < -0.39 is 0 Å². The first-order valence-corrected chi connectivity index (χ1v) is 7.30. The summed E-state index contributed by atoms with van der Waals surface area (Å²) in [5, 5.41) is 5.62. The molecule has 3 rings (SSSR count). The van der Waals surface area contributed by atoms with Crippen molar-refractivity contribution in [3.05, 3.63) is 65.2 Å². The molecule has 0 bridgehead atoms. The highest BCUT2D eigenvalue weighted by atomic mass is 32.1. The molecule has 0 fully saturated rings. The van der Waals surface area contributed by atoms with Crippen molar-refractivity contribution in [3.8, 4) is 0 Å². The van der Waals surface area contributed by atoms with Crippen LogP contribution in [-0.2, 0) is 7.05 Å². The zero-order chi connectivity index (χ0) is 13.9. The molecule has 0 saturated carbocycles. The molecule has 3 aromatic rings. The van der Waals surface area contributed by atoms with Gasteiger partial charge in [-0.15, -0.1) is 0 Å². The maximum atomic E-state index is 4.48. The fourth-order valence-corrected chi connectivity index (χ4v) is 3.41. The summed E-state index contributed by atoms with van der Waals surface area (Å²) in [5.41, 5.74) is 6.23. The van der Waals surface area contributed by atoms with Crippen LogP contribution < -0.4 is 9.99 Å². The van der Waals surface area contributed by atoms with Gasteiger partial charge in [0.1, 0.15) is 11.7 Å². The normalized spacial score (nSPS) is 11.8. The summed E-state index contributed by atoms with van der Waals surface area (Å²) in [5.74, 6) is 0. The van der Waals surface area contributed by atoms with Crippen molar-refractivity contribution in [2.75, 3.05) is 7.05 Å². The van der Waals surface area contributed by atoms with Gasteiger partial charge >= 0.3 is 0 Å². The first-order valence-electron chi connectivity index (χ1n) is 6.49. The molecule has 0 spiro atoms. The molecule has 20 heavy (non-hydrogen) atoms. The van der Waals surface area contributed by atoms with Gasteiger partial charge in [-0.05, 0) is 6.07 Å². The lowest BCUT2D eigenvalue weighted by atomic mass is 10.1. The molecule has 3 nitrogen and oxygen atoms in total. The van der Waals surface area contributed by atoms with Crippen LogP contribution in [0.3, 0.4) is 0 Å². The van der Waals surface area contributed by atoms with Gasteiger partial charge in [0.25, 0.3) is 5.01 Å². The highest BCUT2D eigenvalue weighted by Crippen LogP contribution is 2.22. The van der Waals surface area contributed by atoms with Gasteiger partial charge in [-0.2, -0.15) is 9.67 Å². The number of nitrogens with zero attached hydrogens (tertiary/aromatic N) is 2. The van der Waals surface area contributed by atoms with Gasteiger partial charge in [0.05, 0.1) is 0 Å². The number of hydrogen-bond acceptors (Lipinski definition) is 3. The second-order valence-electron chi connectivity index (χ2n) is 4.48. The molecule has 2 aromatic carbocycles. The van der Waals surface area contributed by atoms with Crippen LogP contribution in [0.15, 0.2) is 59.7 Å². The summed E-state index contributed by atoms with van der Waals surface area (Å²) in [6.45, 7) is 0. The van der Waals surface area contributed by atoms with E-state index in [2.05, 4.69) is 58.5 Å². The second kappa shape index (κ2) is 5.43. The van der Waals surface area contributed by atoms with Crippen LogP contribution in [0.5, 0.6) is 0 Å². The average Bonchev–Trinajstić information content (AvgIpc) is 2.83. The van der Waals surface area contributed by atoms with E-state index in [1.54, 1.807) is 11.3 Å². The molecular weight excluding hydrogens is 266 g/mol. The van der Waals surface area contributed by atoms with E-state index in [1.165, 1.54) is 10.2 Å². The molecule has 100 valence electrons. The van der Waals surface area contributed by atoms with Crippen molar-refractivity contribution >= 4 is 27.3 Å². The highest BCUT2D eigenvalue weighted by Gasteiger charge is 2.23. The number of fused-ring (bicyclic) bond motifs is 1. The van der Waals surface area contributed by atoms with Gasteiger partial charge in [0.2, 0.25) is 5.52 Å². The van der Waals surface area contributed by atoms with Gasteiger partial charge < -0.3 is 5.43 Å². The topological polar surface area (TPSA) is 28.3 Å². The molecule has 0 amide bonds. The second-order valence-corrected chi connectivity index (χ2v) is 5.51. The number of benzene rings is 2. The van der Waals surface area contributed by atoms with E-state index in [0.717, 1.165) is 16.3 Å². The minimum Gasteiger partial charge on any atom is -0.312 e. The number of rotatable bonds is 3. The van der Waals surface area contributed by atoms with Crippen LogP contribution in [0, 0.1) is 0 Å². The summed E-state index contributed by atoms with van der Waals surface area (Å²) in [7, 11) is 3.92. The first kappa shape index (κ1) is 12.8. The predicted octanol–water partition coefficient (Wildman–Crippen LogP) is 2.70. The smallest absolute Gasteiger partial charge is 0.291 e. The molecule has 0 aliphatic carbocycles. The summed E-state index contributed by atoms with van der Waals surface area (Å²) in [6.07, 6.45) is 0. The average molecular weight is 282 g/mol. The van der Waals surface area contributed by atoms with E-state index >= 15 is 0 Å². The lowest BCUT2D eigenvalue weighted by Gasteiger charge is -2.01. The molecule has 1 N–H and O–H groups in total. The predicted molar refractivity (Wildman–Crippen MR) is 84.1 cm³/mol. The Morgan fingerprint density at radius 2 is 1.75 bits per heavy atom. The van der Waals surface area contributed by atoms with Crippen molar-refractivity contribution in [3.63, 3.8) is 0 Å². The third-order valence-electron chi connectivity index (χ3n) is 3.21. The molecule has 0 radical (unpaired) electrons. The number of aromatic nitrogens is 1. The Bertz CT molecular complexity index is 760. The van der Waals surface area contributed by atoms with Gasteiger partial charge in [-0.25, -0.2) is 0 Å². The molecule has 0 aliphatic rings. The Morgan fingerprint density at radius 1 is 1.05 bits per heavy atom. The number of hydrogen-bond donors (Lipinski definition) is 1. The lowest BCUT2D eigenvalue weighted by Crippen LogP contribution is -2.34. The van der Waals surface area contributed by atoms with Crippen LogP contribution in [-0.4, -0.2) is 12.8 Å². The zero-order valence-corrected chi connectivity index (χ0v) is 12.3. The Morgan fingerprint density at radius 3 is 2.45 bits per heavy atom. The minimum absolute atomic E-state index is 0.969. The molecule has 1 aromatic heterocycles. The number of hydrazone groups is 1. The monoisotopic (exact) mass is 282 g/mol. The first-order chi connectivity index (χ1) is 9.81. The van der Waals surface area contributed by atoms with Crippen LogP contribution in [0.25, 0.3) is 10.2 Å². The van der Waals surface area contributed by atoms with Gasteiger partial charge in [-0.3, -0.25) is 0 Å². The van der Waals surface area contributed by atoms with Crippen molar-refractivity contribution < 1.29 is 4.57 Å². The number of nitrogens with one attached hydrogen (secondary N) is 1. The van der Waals surface area contributed by atoms with E-state index in [9.17, 15) is 0 Å². The molecular formula is C16H16N3S+. The molecule has 0 atom stereocenters. The lowest BCUT2D eigenvalue weighted by molar-refractivity contribution is -0.641. The SMILES string of the molecule is CNN=C(c1ccccc1)c1sc2ccccc2[n+]1C. The molecule has 4 heteroatoms. The van der Waals surface area contributed by atoms with Crippen LogP contribution >= 0.6 is 11.3 Å². The Balaban J connectivity index is 2.21. The number of aryl methyl sites for hydroxylation is 1. The van der Waals surface area contributed by atoms with Gasteiger partial charge in [0.15, 0.2) is 5.71 Å². The molecule has 1 heterocycles. The fourth-order valence-electron chi connectivity index (χ4n) is 2.25. The van der Waals surface area contributed by atoms with E-state index in [4.69, 9.17) is 0 Å².